The van der Waals surface area contributed by atoms with E-state index in [9.17, 15) is 0 Å². The molecule has 0 saturated carbocycles. The van der Waals surface area contributed by atoms with Crippen molar-refractivity contribution in [3.05, 3.63) is 29.8 Å². The average Bonchev–Trinajstić information content (AvgIpc) is 2.68. The summed E-state index contributed by atoms with van der Waals surface area (Å²) in [5.41, 5.74) is 8.62. The van der Waals surface area contributed by atoms with Gasteiger partial charge in [0, 0.05) is 30.7 Å². The van der Waals surface area contributed by atoms with Crippen molar-refractivity contribution in [1.29, 1.82) is 0 Å². The van der Waals surface area contributed by atoms with E-state index in [1.165, 1.54) is 50.0 Å². The third-order valence-corrected chi connectivity index (χ3v) is 4.13. The van der Waals surface area contributed by atoms with Gasteiger partial charge in [-0.2, -0.15) is 0 Å². The van der Waals surface area contributed by atoms with Gasteiger partial charge in [-0.1, -0.05) is 38.8 Å². The second-order valence-electron chi connectivity index (χ2n) is 6.04. The Balaban J connectivity index is 2.11. The maximum Gasteiger partial charge on any atom is 0.0366 e. The summed E-state index contributed by atoms with van der Waals surface area (Å²) < 4.78 is 0. The fraction of sp³-hybridized carbons (Fsp3) is 0.625. The number of nitrogens with two attached hydrogens (primary N) is 1. The Hall–Kier alpha value is -1.02. The molecule has 0 amide bonds. The standard InChI is InChI=1S/C16H26N2/c1-16(2,13-17)14-7-9-15(10-8-14)18-11-5-3-4-6-12-18/h7-10H,3-6,11-13,17H2,1-2H3. The second-order valence-corrected chi connectivity index (χ2v) is 6.04. The normalized spacial score (nSPS) is 17.6. The molecule has 1 fully saturated rings. The topological polar surface area (TPSA) is 29.3 Å². The zero-order valence-electron chi connectivity index (χ0n) is 11.8. The number of nitrogens with zero attached hydrogens (tertiary/aromatic N) is 1. The van der Waals surface area contributed by atoms with Crippen LogP contribution in [-0.2, 0) is 5.41 Å². The molecule has 0 unspecified atom stereocenters. The maximum absolute atomic E-state index is 5.83. The predicted octanol–water partition coefficient (Wildman–Crippen LogP) is 3.30. The van der Waals surface area contributed by atoms with E-state index in [1.807, 2.05) is 0 Å². The van der Waals surface area contributed by atoms with E-state index in [1.54, 1.807) is 0 Å². The highest BCUT2D eigenvalue weighted by Gasteiger charge is 2.18. The van der Waals surface area contributed by atoms with E-state index in [0.717, 1.165) is 0 Å². The lowest BCUT2D eigenvalue weighted by Crippen LogP contribution is -2.28. The number of anilines is 1. The molecule has 2 N–H and O–H groups in total. The number of hydrogen-bond acceptors (Lipinski definition) is 2. The van der Waals surface area contributed by atoms with Crippen molar-refractivity contribution in [2.45, 2.75) is 44.9 Å². The van der Waals surface area contributed by atoms with Crippen molar-refractivity contribution in [3.63, 3.8) is 0 Å². The second kappa shape index (κ2) is 5.75. The lowest BCUT2D eigenvalue weighted by Gasteiger charge is -2.26. The third-order valence-electron chi connectivity index (χ3n) is 4.13. The highest BCUT2D eigenvalue weighted by Crippen LogP contribution is 2.25. The van der Waals surface area contributed by atoms with Crippen LogP contribution in [0.4, 0.5) is 5.69 Å². The first-order valence-electron chi connectivity index (χ1n) is 7.19. The van der Waals surface area contributed by atoms with Gasteiger partial charge in [-0.15, -0.1) is 0 Å². The minimum atomic E-state index is 0.0807. The fourth-order valence-electron chi connectivity index (χ4n) is 2.57. The van der Waals surface area contributed by atoms with Gasteiger partial charge in [0.2, 0.25) is 0 Å². The molecule has 1 heterocycles. The number of rotatable bonds is 3. The summed E-state index contributed by atoms with van der Waals surface area (Å²) in [6.07, 6.45) is 5.43. The van der Waals surface area contributed by atoms with E-state index >= 15 is 0 Å². The van der Waals surface area contributed by atoms with Gasteiger partial charge in [0.25, 0.3) is 0 Å². The van der Waals surface area contributed by atoms with Gasteiger partial charge in [0.1, 0.15) is 0 Å². The Morgan fingerprint density at radius 3 is 2.06 bits per heavy atom. The van der Waals surface area contributed by atoms with Crippen LogP contribution in [0.15, 0.2) is 24.3 Å². The zero-order valence-corrected chi connectivity index (χ0v) is 11.8. The molecule has 0 aromatic heterocycles. The van der Waals surface area contributed by atoms with Crippen LogP contribution < -0.4 is 10.6 Å². The van der Waals surface area contributed by atoms with Gasteiger partial charge in [0.15, 0.2) is 0 Å². The predicted molar refractivity (Wildman–Crippen MR) is 79.2 cm³/mol. The number of hydrogen-bond donors (Lipinski definition) is 1. The van der Waals surface area contributed by atoms with Crippen LogP contribution in [0.2, 0.25) is 0 Å². The highest BCUT2D eigenvalue weighted by molar-refractivity contribution is 5.48. The molecule has 0 bridgehead atoms. The molecule has 18 heavy (non-hydrogen) atoms. The Morgan fingerprint density at radius 2 is 1.56 bits per heavy atom. The van der Waals surface area contributed by atoms with E-state index in [2.05, 4.69) is 43.0 Å². The summed E-state index contributed by atoms with van der Waals surface area (Å²) in [4.78, 5) is 2.52. The molecule has 0 aliphatic carbocycles. The van der Waals surface area contributed by atoms with Crippen LogP contribution in [0, 0.1) is 0 Å². The molecule has 1 aromatic carbocycles. The molecule has 0 spiro atoms. The summed E-state index contributed by atoms with van der Waals surface area (Å²) in [5, 5.41) is 0. The lowest BCUT2D eigenvalue weighted by atomic mass is 9.85. The Bertz CT molecular complexity index is 359. The summed E-state index contributed by atoms with van der Waals surface area (Å²) >= 11 is 0. The van der Waals surface area contributed by atoms with Crippen LogP contribution in [-0.4, -0.2) is 19.6 Å². The van der Waals surface area contributed by atoms with Gasteiger partial charge < -0.3 is 10.6 Å². The highest BCUT2D eigenvalue weighted by atomic mass is 15.1. The van der Waals surface area contributed by atoms with Gasteiger partial charge in [-0.3, -0.25) is 0 Å². The molecule has 0 atom stereocenters. The van der Waals surface area contributed by atoms with Crippen molar-refractivity contribution in [2.75, 3.05) is 24.5 Å². The minimum absolute atomic E-state index is 0.0807. The minimum Gasteiger partial charge on any atom is -0.372 e. The van der Waals surface area contributed by atoms with E-state index in [4.69, 9.17) is 5.73 Å². The van der Waals surface area contributed by atoms with Gasteiger partial charge >= 0.3 is 0 Å². The van der Waals surface area contributed by atoms with Crippen molar-refractivity contribution in [3.8, 4) is 0 Å². The van der Waals surface area contributed by atoms with Crippen molar-refractivity contribution < 1.29 is 0 Å². The van der Waals surface area contributed by atoms with Crippen molar-refractivity contribution >= 4 is 5.69 Å². The van der Waals surface area contributed by atoms with Gasteiger partial charge in [-0.05, 0) is 30.5 Å². The quantitative estimate of drug-likeness (QED) is 0.886. The lowest BCUT2D eigenvalue weighted by molar-refractivity contribution is 0.539. The summed E-state index contributed by atoms with van der Waals surface area (Å²) in [5.74, 6) is 0. The fourth-order valence-corrected chi connectivity index (χ4v) is 2.57. The molecule has 1 aliphatic heterocycles. The molecule has 100 valence electrons. The summed E-state index contributed by atoms with van der Waals surface area (Å²) in [6.45, 7) is 7.51. The molecule has 0 radical (unpaired) electrons. The largest absolute Gasteiger partial charge is 0.372 e. The van der Waals surface area contributed by atoms with E-state index in [-0.39, 0.29) is 5.41 Å². The monoisotopic (exact) mass is 246 g/mol. The molecule has 2 rings (SSSR count). The van der Waals surface area contributed by atoms with Gasteiger partial charge in [0.05, 0.1) is 0 Å². The molecule has 1 aliphatic rings. The zero-order chi connectivity index (χ0) is 13.0. The Kier molecular flexibility index (Phi) is 4.28. The van der Waals surface area contributed by atoms with Crippen molar-refractivity contribution in [1.82, 2.24) is 0 Å². The summed E-state index contributed by atoms with van der Waals surface area (Å²) in [7, 11) is 0. The molecule has 1 saturated heterocycles. The average molecular weight is 246 g/mol. The first-order valence-corrected chi connectivity index (χ1v) is 7.19. The molecule has 1 aromatic rings. The van der Waals surface area contributed by atoms with E-state index < -0.39 is 0 Å². The third kappa shape index (κ3) is 3.05. The van der Waals surface area contributed by atoms with Crippen molar-refractivity contribution in [2.24, 2.45) is 5.73 Å². The molecule has 2 nitrogen and oxygen atoms in total. The van der Waals surface area contributed by atoms with Crippen LogP contribution in [0.5, 0.6) is 0 Å². The van der Waals surface area contributed by atoms with Gasteiger partial charge in [-0.25, -0.2) is 0 Å². The van der Waals surface area contributed by atoms with Crippen LogP contribution in [0.25, 0.3) is 0 Å². The first-order chi connectivity index (χ1) is 8.63. The van der Waals surface area contributed by atoms with E-state index in [0.29, 0.717) is 6.54 Å². The number of benzene rings is 1. The first kappa shape index (κ1) is 13.4. The Labute approximate surface area is 111 Å². The van der Waals surface area contributed by atoms with Crippen LogP contribution >= 0.6 is 0 Å². The maximum atomic E-state index is 5.83. The summed E-state index contributed by atoms with van der Waals surface area (Å²) in [6, 6.07) is 9.01. The molecule has 2 heteroatoms. The molecular formula is C16H26N2. The SMILES string of the molecule is CC(C)(CN)c1ccc(N2CCCCCC2)cc1. The smallest absolute Gasteiger partial charge is 0.0366 e. The van der Waals surface area contributed by atoms with Crippen LogP contribution in [0.1, 0.15) is 45.1 Å². The Morgan fingerprint density at radius 1 is 1.00 bits per heavy atom. The van der Waals surface area contributed by atoms with Crippen LogP contribution in [0.3, 0.4) is 0 Å². The molecular weight excluding hydrogens is 220 g/mol.